The summed E-state index contributed by atoms with van der Waals surface area (Å²) in [5, 5.41) is 7.28. The van der Waals surface area contributed by atoms with Gasteiger partial charge in [0.2, 0.25) is 0 Å². The van der Waals surface area contributed by atoms with Crippen LogP contribution < -0.4 is 5.73 Å². The number of nitrogens with zero attached hydrogens (tertiary/aromatic N) is 5. The quantitative estimate of drug-likeness (QED) is 0.715. The number of Topliss-reactive ketones (excluding diaryl/α,β-unsaturated/α-hetero) is 1. The van der Waals surface area contributed by atoms with E-state index in [9.17, 15) is 4.79 Å². The fraction of sp³-hybridized carbons (Fsp3) is 0.500. The highest BCUT2D eigenvalue weighted by atomic mass is 32.1. The summed E-state index contributed by atoms with van der Waals surface area (Å²) >= 11 is 1.50. The molecule has 4 rings (SSSR count). The Balaban J connectivity index is 1.66. The molecule has 1 aliphatic carbocycles. The van der Waals surface area contributed by atoms with Gasteiger partial charge in [-0.25, -0.2) is 19.6 Å². The fourth-order valence-corrected chi connectivity index (χ4v) is 4.45. The van der Waals surface area contributed by atoms with Crippen LogP contribution in [-0.2, 0) is 11.2 Å². The second-order valence-corrected chi connectivity index (χ2v) is 7.89. The van der Waals surface area contributed by atoms with Crippen LogP contribution in [0.1, 0.15) is 49.6 Å². The third kappa shape index (κ3) is 3.46. The van der Waals surface area contributed by atoms with Gasteiger partial charge in [0, 0.05) is 11.6 Å². The Hall–Kier alpha value is -2.35. The number of ketones is 1. The zero-order valence-corrected chi connectivity index (χ0v) is 15.4. The van der Waals surface area contributed by atoms with Gasteiger partial charge in [0.1, 0.15) is 29.2 Å². The van der Waals surface area contributed by atoms with Gasteiger partial charge in [-0.3, -0.25) is 4.79 Å². The molecule has 0 amide bonds. The number of thiazole rings is 1. The summed E-state index contributed by atoms with van der Waals surface area (Å²) in [5.41, 5.74) is 7.53. The van der Waals surface area contributed by atoms with Crippen LogP contribution in [0, 0.1) is 5.92 Å². The van der Waals surface area contributed by atoms with E-state index in [2.05, 4.69) is 20.1 Å². The molecule has 0 spiro atoms. The van der Waals surface area contributed by atoms with Crippen LogP contribution in [-0.4, -0.2) is 30.5 Å². The predicted molar refractivity (Wildman–Crippen MR) is 101 cm³/mol. The van der Waals surface area contributed by atoms with E-state index in [-0.39, 0.29) is 11.8 Å². The highest BCUT2D eigenvalue weighted by Crippen LogP contribution is 2.33. The molecule has 1 atom stereocenters. The molecule has 3 aromatic heterocycles. The van der Waals surface area contributed by atoms with Crippen molar-refractivity contribution in [3.05, 3.63) is 29.1 Å². The van der Waals surface area contributed by atoms with Crippen LogP contribution in [0.2, 0.25) is 0 Å². The zero-order valence-electron chi connectivity index (χ0n) is 14.5. The minimum atomic E-state index is -0.379. The number of nitrogens with two attached hydrogens (primary N) is 1. The monoisotopic (exact) mass is 370 g/mol. The average molecular weight is 370 g/mol. The number of aromatic nitrogens is 5. The molecule has 1 unspecified atom stereocenters. The first-order chi connectivity index (χ1) is 12.7. The normalized spacial score (nSPS) is 16.8. The van der Waals surface area contributed by atoms with Gasteiger partial charge in [-0.05, 0) is 12.3 Å². The molecule has 1 saturated carbocycles. The van der Waals surface area contributed by atoms with E-state index < -0.39 is 0 Å². The standard InChI is InChI=1S/C18H22N6OS/c19-18-17-13(10-20-11-22-17)23-24(18)14(8-12-4-2-1-3-5-12)15(25)9-16-21-6-7-26-16/h6-7,10-12,14H,1-5,8-9,19H2. The smallest absolute Gasteiger partial charge is 0.164 e. The van der Waals surface area contributed by atoms with Crippen LogP contribution in [0.4, 0.5) is 5.82 Å². The summed E-state index contributed by atoms with van der Waals surface area (Å²) in [6, 6.07) is -0.379. The molecule has 0 radical (unpaired) electrons. The van der Waals surface area contributed by atoms with Crippen LogP contribution in [0.15, 0.2) is 24.1 Å². The van der Waals surface area contributed by atoms with Crippen molar-refractivity contribution in [2.24, 2.45) is 5.92 Å². The first kappa shape index (κ1) is 17.1. The van der Waals surface area contributed by atoms with Gasteiger partial charge in [-0.2, -0.15) is 5.10 Å². The van der Waals surface area contributed by atoms with E-state index in [0.29, 0.717) is 29.2 Å². The van der Waals surface area contributed by atoms with Gasteiger partial charge in [-0.1, -0.05) is 32.1 Å². The second-order valence-electron chi connectivity index (χ2n) is 6.91. The van der Waals surface area contributed by atoms with Gasteiger partial charge in [0.05, 0.1) is 17.6 Å². The Morgan fingerprint density at radius 2 is 2.15 bits per heavy atom. The maximum absolute atomic E-state index is 13.1. The Bertz CT molecular complexity index is 884. The van der Waals surface area contributed by atoms with Crippen molar-refractivity contribution in [1.29, 1.82) is 0 Å². The molecule has 1 aliphatic rings. The van der Waals surface area contributed by atoms with Crippen molar-refractivity contribution in [3.8, 4) is 0 Å². The highest BCUT2D eigenvalue weighted by Gasteiger charge is 2.29. The Morgan fingerprint density at radius 3 is 2.88 bits per heavy atom. The van der Waals surface area contributed by atoms with Crippen LogP contribution in [0.3, 0.4) is 0 Å². The summed E-state index contributed by atoms with van der Waals surface area (Å²) < 4.78 is 1.67. The fourth-order valence-electron chi connectivity index (χ4n) is 3.82. The maximum Gasteiger partial charge on any atom is 0.164 e. The Labute approximate surface area is 155 Å². The zero-order chi connectivity index (χ0) is 17.9. The van der Waals surface area contributed by atoms with Crippen molar-refractivity contribution in [3.63, 3.8) is 0 Å². The molecule has 1 fully saturated rings. The predicted octanol–water partition coefficient (Wildman–Crippen LogP) is 3.19. The third-order valence-electron chi connectivity index (χ3n) is 5.15. The van der Waals surface area contributed by atoms with E-state index in [4.69, 9.17) is 5.73 Å². The van der Waals surface area contributed by atoms with Crippen LogP contribution in [0.25, 0.3) is 11.0 Å². The summed E-state index contributed by atoms with van der Waals surface area (Å²) in [4.78, 5) is 25.6. The van der Waals surface area contributed by atoms with Gasteiger partial charge >= 0.3 is 0 Å². The number of nitrogen functional groups attached to an aromatic ring is 1. The topological polar surface area (TPSA) is 99.6 Å². The van der Waals surface area contributed by atoms with E-state index in [0.717, 1.165) is 11.4 Å². The largest absolute Gasteiger partial charge is 0.382 e. The van der Waals surface area contributed by atoms with Gasteiger partial charge in [0.25, 0.3) is 0 Å². The number of hydrogen-bond acceptors (Lipinski definition) is 7. The molecule has 3 heterocycles. The maximum atomic E-state index is 13.1. The van der Waals surface area contributed by atoms with Gasteiger partial charge in [-0.15, -0.1) is 11.3 Å². The van der Waals surface area contributed by atoms with Crippen molar-refractivity contribution in [1.82, 2.24) is 24.7 Å². The molecule has 136 valence electrons. The van der Waals surface area contributed by atoms with E-state index in [1.54, 1.807) is 17.1 Å². The minimum absolute atomic E-state index is 0.109. The van der Waals surface area contributed by atoms with Crippen molar-refractivity contribution in [2.75, 3.05) is 5.73 Å². The SMILES string of the molecule is Nc1c2ncncc2nn1C(CC1CCCCC1)C(=O)Cc1nccs1. The molecule has 8 heteroatoms. The Kier molecular flexibility index (Phi) is 4.92. The number of carbonyl (C=O) groups is 1. The van der Waals surface area contributed by atoms with Gasteiger partial charge < -0.3 is 5.73 Å². The van der Waals surface area contributed by atoms with Crippen molar-refractivity contribution < 1.29 is 4.79 Å². The molecule has 0 bridgehead atoms. The molecule has 7 nitrogen and oxygen atoms in total. The number of hydrogen-bond donors (Lipinski definition) is 1. The van der Waals surface area contributed by atoms with E-state index in [1.807, 2.05) is 5.38 Å². The average Bonchev–Trinajstić information content (AvgIpc) is 3.29. The second kappa shape index (κ2) is 7.49. The minimum Gasteiger partial charge on any atom is -0.382 e. The number of rotatable bonds is 6. The lowest BCUT2D eigenvalue weighted by atomic mass is 9.83. The molecule has 3 aromatic rings. The molecule has 0 aromatic carbocycles. The van der Waals surface area contributed by atoms with Crippen LogP contribution >= 0.6 is 11.3 Å². The molecule has 0 aliphatic heterocycles. The first-order valence-corrected chi connectivity index (χ1v) is 9.95. The van der Waals surface area contributed by atoms with Crippen LogP contribution in [0.5, 0.6) is 0 Å². The van der Waals surface area contributed by atoms with E-state index in [1.165, 1.54) is 49.8 Å². The summed E-state index contributed by atoms with van der Waals surface area (Å²) in [7, 11) is 0. The lowest BCUT2D eigenvalue weighted by molar-refractivity contribution is -0.122. The number of fused-ring (bicyclic) bond motifs is 1. The highest BCUT2D eigenvalue weighted by molar-refractivity contribution is 7.09. The van der Waals surface area contributed by atoms with Crippen molar-refractivity contribution >= 4 is 34.0 Å². The molecular weight excluding hydrogens is 348 g/mol. The molecule has 2 N–H and O–H groups in total. The third-order valence-corrected chi connectivity index (χ3v) is 5.93. The molecule has 0 saturated heterocycles. The molecular formula is C18H22N6OS. The van der Waals surface area contributed by atoms with E-state index >= 15 is 0 Å². The Morgan fingerprint density at radius 1 is 1.31 bits per heavy atom. The first-order valence-electron chi connectivity index (χ1n) is 9.07. The van der Waals surface area contributed by atoms with Crippen molar-refractivity contribution in [2.45, 2.75) is 51.0 Å². The summed E-state index contributed by atoms with van der Waals surface area (Å²) in [6.45, 7) is 0. The summed E-state index contributed by atoms with van der Waals surface area (Å²) in [6.07, 6.45) is 12.0. The number of anilines is 1. The van der Waals surface area contributed by atoms with Gasteiger partial charge in [0.15, 0.2) is 5.78 Å². The summed E-state index contributed by atoms with van der Waals surface area (Å²) in [5.74, 6) is 1.08. The lowest BCUT2D eigenvalue weighted by Gasteiger charge is -2.26. The number of carbonyl (C=O) groups excluding carboxylic acids is 1. The molecule has 26 heavy (non-hydrogen) atoms. The lowest BCUT2D eigenvalue weighted by Crippen LogP contribution is -2.26.